The van der Waals surface area contributed by atoms with Crippen LogP contribution in [-0.4, -0.2) is 52.4 Å². The number of H-pyrrole nitrogens is 1. The van der Waals surface area contributed by atoms with E-state index in [0.29, 0.717) is 30.3 Å². The summed E-state index contributed by atoms with van der Waals surface area (Å²) >= 11 is 0. The Morgan fingerprint density at radius 1 is 1.46 bits per heavy atom. The van der Waals surface area contributed by atoms with Crippen LogP contribution < -0.4 is 0 Å². The van der Waals surface area contributed by atoms with Crippen LogP contribution in [0, 0.1) is 5.82 Å². The zero-order valence-electron chi connectivity index (χ0n) is 14.4. The van der Waals surface area contributed by atoms with E-state index in [2.05, 4.69) is 21.9 Å². The molecule has 24 heavy (non-hydrogen) atoms. The van der Waals surface area contributed by atoms with Crippen LogP contribution in [0.3, 0.4) is 0 Å². The minimum Gasteiger partial charge on any atom is -0.340 e. The van der Waals surface area contributed by atoms with E-state index in [1.165, 1.54) is 31.4 Å². The zero-order chi connectivity index (χ0) is 17.1. The summed E-state index contributed by atoms with van der Waals surface area (Å²) in [5.41, 5.74) is 1.38. The number of nitrogens with one attached hydrogen (secondary N) is 1. The Bertz CT molecular complexity index is 714. The van der Waals surface area contributed by atoms with Crippen molar-refractivity contribution in [3.8, 4) is 0 Å². The maximum atomic E-state index is 13.2. The number of imidazole rings is 1. The van der Waals surface area contributed by atoms with E-state index < -0.39 is 0 Å². The summed E-state index contributed by atoms with van der Waals surface area (Å²) in [4.78, 5) is 23.9. The van der Waals surface area contributed by atoms with Crippen molar-refractivity contribution < 1.29 is 9.18 Å². The Morgan fingerprint density at radius 3 is 3.08 bits per heavy atom. The summed E-state index contributed by atoms with van der Waals surface area (Å²) in [5, 5.41) is 0. The molecule has 1 N–H and O–H groups in total. The standard InChI is InChI=1S/C18H25FN4O/c1-22-10-4-3-5-14(22)7-9-18(24)23(2)12-17-20-15-8-6-13(19)11-16(15)21-17/h6,8,11,14H,3-5,7,9-10,12H2,1-2H3,(H,20,21)/t14-/m0/s1. The lowest BCUT2D eigenvalue weighted by molar-refractivity contribution is -0.130. The van der Waals surface area contributed by atoms with Gasteiger partial charge < -0.3 is 14.8 Å². The predicted octanol–water partition coefficient (Wildman–Crippen LogP) is 2.92. The van der Waals surface area contributed by atoms with Gasteiger partial charge in [0.1, 0.15) is 11.6 Å². The van der Waals surface area contributed by atoms with E-state index in [4.69, 9.17) is 0 Å². The van der Waals surface area contributed by atoms with Crippen LogP contribution >= 0.6 is 0 Å². The lowest BCUT2D eigenvalue weighted by atomic mass is 9.98. The Kier molecular flexibility index (Phi) is 5.14. The molecule has 1 aliphatic rings. The van der Waals surface area contributed by atoms with E-state index in [-0.39, 0.29) is 11.7 Å². The SMILES string of the molecule is CN(Cc1nc2ccc(F)cc2[nH]1)C(=O)CC[C@@H]1CCCCN1C. The number of nitrogens with zero attached hydrogens (tertiary/aromatic N) is 3. The molecule has 130 valence electrons. The van der Waals surface area contributed by atoms with Gasteiger partial charge in [-0.3, -0.25) is 4.79 Å². The minimum atomic E-state index is -0.293. The molecule has 1 atom stereocenters. The topological polar surface area (TPSA) is 52.2 Å². The zero-order valence-corrected chi connectivity index (χ0v) is 14.4. The van der Waals surface area contributed by atoms with Crippen molar-refractivity contribution in [1.29, 1.82) is 0 Å². The van der Waals surface area contributed by atoms with Crippen LogP contribution in [0.2, 0.25) is 0 Å². The number of carbonyl (C=O) groups is 1. The van der Waals surface area contributed by atoms with Crippen LogP contribution in [-0.2, 0) is 11.3 Å². The normalized spacial score (nSPS) is 18.9. The van der Waals surface area contributed by atoms with E-state index in [1.54, 1.807) is 18.0 Å². The number of aromatic nitrogens is 2. The lowest BCUT2D eigenvalue weighted by Gasteiger charge is -2.32. The number of aromatic amines is 1. The number of fused-ring (bicyclic) bond motifs is 1. The molecule has 0 aliphatic carbocycles. The second-order valence-corrected chi connectivity index (χ2v) is 6.76. The van der Waals surface area contributed by atoms with Crippen molar-refractivity contribution in [2.24, 2.45) is 0 Å². The number of piperidine rings is 1. The molecule has 3 rings (SSSR count). The number of carbonyl (C=O) groups excluding carboxylic acids is 1. The number of hydrogen-bond donors (Lipinski definition) is 1. The molecule has 1 amide bonds. The van der Waals surface area contributed by atoms with Crippen molar-refractivity contribution in [1.82, 2.24) is 19.8 Å². The number of amides is 1. The number of rotatable bonds is 5. The fourth-order valence-corrected chi connectivity index (χ4v) is 3.41. The fourth-order valence-electron chi connectivity index (χ4n) is 3.41. The second kappa shape index (κ2) is 7.30. The van der Waals surface area contributed by atoms with Gasteiger partial charge in [-0.25, -0.2) is 9.37 Å². The first kappa shape index (κ1) is 16.9. The smallest absolute Gasteiger partial charge is 0.222 e. The molecule has 2 heterocycles. The number of halogens is 1. The summed E-state index contributed by atoms with van der Waals surface area (Å²) in [6, 6.07) is 4.98. The third-order valence-corrected chi connectivity index (χ3v) is 4.92. The van der Waals surface area contributed by atoms with Crippen molar-refractivity contribution in [3.05, 3.63) is 29.8 Å². The first-order valence-electron chi connectivity index (χ1n) is 8.61. The van der Waals surface area contributed by atoms with E-state index in [0.717, 1.165) is 18.5 Å². The molecule has 0 unspecified atom stereocenters. The summed E-state index contributed by atoms with van der Waals surface area (Å²) in [7, 11) is 3.94. The summed E-state index contributed by atoms with van der Waals surface area (Å²) < 4.78 is 13.2. The van der Waals surface area contributed by atoms with Crippen LogP contribution in [0.15, 0.2) is 18.2 Å². The van der Waals surface area contributed by atoms with Crippen LogP contribution in [0.5, 0.6) is 0 Å². The first-order chi connectivity index (χ1) is 11.5. The van der Waals surface area contributed by atoms with Gasteiger partial charge >= 0.3 is 0 Å². The lowest BCUT2D eigenvalue weighted by Crippen LogP contribution is -2.37. The quantitative estimate of drug-likeness (QED) is 0.916. The first-order valence-corrected chi connectivity index (χ1v) is 8.61. The molecule has 0 radical (unpaired) electrons. The number of hydrogen-bond acceptors (Lipinski definition) is 3. The molecule has 0 spiro atoms. The Hall–Kier alpha value is -1.95. The molecule has 0 saturated carbocycles. The molecule has 6 heteroatoms. The van der Waals surface area contributed by atoms with Crippen LogP contribution in [0.25, 0.3) is 11.0 Å². The van der Waals surface area contributed by atoms with Gasteiger partial charge in [0.25, 0.3) is 0 Å². The molecular formula is C18H25FN4O. The highest BCUT2D eigenvalue weighted by molar-refractivity contribution is 5.77. The maximum absolute atomic E-state index is 13.2. The van der Waals surface area contributed by atoms with E-state index >= 15 is 0 Å². The highest BCUT2D eigenvalue weighted by Gasteiger charge is 2.21. The molecule has 5 nitrogen and oxygen atoms in total. The van der Waals surface area contributed by atoms with E-state index in [1.807, 2.05) is 0 Å². The molecule has 0 bridgehead atoms. The van der Waals surface area contributed by atoms with Crippen molar-refractivity contribution in [3.63, 3.8) is 0 Å². The summed E-state index contributed by atoms with van der Waals surface area (Å²) in [6.07, 6.45) is 5.16. The molecule has 1 aromatic carbocycles. The maximum Gasteiger partial charge on any atom is 0.222 e. The highest BCUT2D eigenvalue weighted by Crippen LogP contribution is 2.20. The molecular weight excluding hydrogens is 307 g/mol. The van der Waals surface area contributed by atoms with Crippen molar-refractivity contribution in [2.45, 2.75) is 44.7 Å². The van der Waals surface area contributed by atoms with Gasteiger partial charge in [-0.05, 0) is 51.1 Å². The van der Waals surface area contributed by atoms with Gasteiger partial charge in [-0.1, -0.05) is 6.42 Å². The average molecular weight is 332 g/mol. The molecule has 1 saturated heterocycles. The Balaban J connectivity index is 1.54. The largest absolute Gasteiger partial charge is 0.340 e. The van der Waals surface area contributed by atoms with Crippen molar-refractivity contribution >= 4 is 16.9 Å². The van der Waals surface area contributed by atoms with E-state index in [9.17, 15) is 9.18 Å². The second-order valence-electron chi connectivity index (χ2n) is 6.76. The van der Waals surface area contributed by atoms with Gasteiger partial charge in [0, 0.05) is 19.5 Å². The fraction of sp³-hybridized carbons (Fsp3) is 0.556. The van der Waals surface area contributed by atoms with Crippen LogP contribution in [0.4, 0.5) is 4.39 Å². The number of benzene rings is 1. The third-order valence-electron chi connectivity index (χ3n) is 4.92. The summed E-state index contributed by atoms with van der Waals surface area (Å²) in [6.45, 7) is 1.54. The molecule has 1 aliphatic heterocycles. The number of likely N-dealkylation sites (tertiary alicyclic amines) is 1. The van der Waals surface area contributed by atoms with Gasteiger partial charge in [0.15, 0.2) is 0 Å². The van der Waals surface area contributed by atoms with Gasteiger partial charge in [-0.2, -0.15) is 0 Å². The van der Waals surface area contributed by atoms with Gasteiger partial charge in [-0.15, -0.1) is 0 Å². The predicted molar refractivity (Wildman–Crippen MR) is 92.0 cm³/mol. The molecule has 1 aromatic heterocycles. The molecule has 2 aromatic rings. The van der Waals surface area contributed by atoms with Gasteiger partial charge in [0.05, 0.1) is 17.6 Å². The minimum absolute atomic E-state index is 0.126. The Morgan fingerprint density at radius 2 is 2.29 bits per heavy atom. The average Bonchev–Trinajstić information content (AvgIpc) is 2.95. The van der Waals surface area contributed by atoms with Crippen molar-refractivity contribution in [2.75, 3.05) is 20.6 Å². The third kappa shape index (κ3) is 3.93. The monoisotopic (exact) mass is 332 g/mol. The highest BCUT2D eigenvalue weighted by atomic mass is 19.1. The molecule has 1 fully saturated rings. The Labute approximate surface area is 141 Å². The summed E-state index contributed by atoms with van der Waals surface area (Å²) in [5.74, 6) is 0.514. The van der Waals surface area contributed by atoms with Gasteiger partial charge in [0.2, 0.25) is 5.91 Å². The van der Waals surface area contributed by atoms with Crippen LogP contribution in [0.1, 0.15) is 37.9 Å².